The molecule has 1 aromatic heterocycles. The summed E-state index contributed by atoms with van der Waals surface area (Å²) in [4.78, 5) is 16.5. The van der Waals surface area contributed by atoms with Crippen LogP contribution in [0.1, 0.15) is 32.5 Å². The van der Waals surface area contributed by atoms with E-state index in [1.807, 2.05) is 31.2 Å². The van der Waals surface area contributed by atoms with Gasteiger partial charge in [-0.25, -0.2) is 4.98 Å². The van der Waals surface area contributed by atoms with E-state index < -0.39 is 0 Å². The lowest BCUT2D eigenvalue weighted by Gasteiger charge is -2.12. The van der Waals surface area contributed by atoms with Crippen LogP contribution in [0.25, 0.3) is 11.0 Å². The quantitative estimate of drug-likeness (QED) is 0.799. The van der Waals surface area contributed by atoms with Gasteiger partial charge in [0.15, 0.2) is 0 Å². The molecule has 2 rings (SSSR count). The summed E-state index contributed by atoms with van der Waals surface area (Å²) in [5.41, 5.74) is 2.02. The van der Waals surface area contributed by atoms with Gasteiger partial charge in [-0.3, -0.25) is 4.79 Å². The largest absolute Gasteiger partial charge is 0.354 e. The molecule has 1 amide bonds. The number of imidazole rings is 1. The van der Waals surface area contributed by atoms with E-state index in [0.29, 0.717) is 25.3 Å². The fourth-order valence-corrected chi connectivity index (χ4v) is 2.48. The molecule has 0 aliphatic rings. The van der Waals surface area contributed by atoms with Crippen LogP contribution in [0, 0.1) is 0 Å². The number of alkyl halides is 1. The monoisotopic (exact) mass is 307 g/mol. The Bertz CT molecular complexity index is 609. The van der Waals surface area contributed by atoms with Crippen LogP contribution in [0.15, 0.2) is 24.3 Å². The average Bonchev–Trinajstić information content (AvgIpc) is 2.83. The van der Waals surface area contributed by atoms with E-state index in [2.05, 4.69) is 21.8 Å². The minimum absolute atomic E-state index is 0.0824. The number of fused-ring (bicyclic) bond motifs is 1. The molecule has 0 radical (unpaired) electrons. The van der Waals surface area contributed by atoms with E-state index in [0.717, 1.165) is 23.3 Å². The van der Waals surface area contributed by atoms with E-state index in [4.69, 9.17) is 11.6 Å². The number of halogens is 1. The highest BCUT2D eigenvalue weighted by Crippen LogP contribution is 2.17. The van der Waals surface area contributed by atoms with Gasteiger partial charge >= 0.3 is 0 Å². The van der Waals surface area contributed by atoms with Crippen molar-refractivity contribution >= 4 is 28.5 Å². The number of hydrogen-bond donors (Lipinski definition) is 1. The predicted octanol–water partition coefficient (Wildman–Crippen LogP) is 3.12. The van der Waals surface area contributed by atoms with Crippen LogP contribution in [0.4, 0.5) is 0 Å². The van der Waals surface area contributed by atoms with E-state index in [1.165, 1.54) is 0 Å². The number of nitrogens with zero attached hydrogens (tertiary/aromatic N) is 2. The summed E-state index contributed by atoms with van der Waals surface area (Å²) in [6, 6.07) is 8.21. The summed E-state index contributed by atoms with van der Waals surface area (Å²) in [5, 5.41) is 2.99. The van der Waals surface area contributed by atoms with Gasteiger partial charge in [0, 0.05) is 31.3 Å². The highest BCUT2D eigenvalue weighted by Gasteiger charge is 2.12. The second-order valence-corrected chi connectivity index (χ2v) is 5.61. The first-order chi connectivity index (χ1) is 10.2. The molecule has 0 saturated carbocycles. The molecule has 4 nitrogen and oxygen atoms in total. The van der Waals surface area contributed by atoms with Crippen molar-refractivity contribution in [2.45, 2.75) is 45.7 Å². The van der Waals surface area contributed by atoms with Gasteiger partial charge < -0.3 is 9.88 Å². The van der Waals surface area contributed by atoms with Crippen molar-refractivity contribution in [3.63, 3.8) is 0 Å². The topological polar surface area (TPSA) is 46.9 Å². The maximum atomic E-state index is 11.9. The van der Waals surface area contributed by atoms with Crippen molar-refractivity contribution in [2.24, 2.45) is 0 Å². The third kappa shape index (κ3) is 3.97. The van der Waals surface area contributed by atoms with Gasteiger partial charge in [-0.2, -0.15) is 0 Å². The number of para-hydroxylation sites is 2. The molecular formula is C16H22ClN3O. The number of benzene rings is 1. The van der Waals surface area contributed by atoms with Crippen LogP contribution in [0.2, 0.25) is 0 Å². The van der Waals surface area contributed by atoms with Crippen LogP contribution >= 0.6 is 11.6 Å². The molecule has 0 saturated heterocycles. The lowest BCUT2D eigenvalue weighted by atomic mass is 10.2. The molecule has 0 aliphatic heterocycles. The summed E-state index contributed by atoms with van der Waals surface area (Å²) >= 11 is 5.85. The molecule has 0 aliphatic carbocycles. The summed E-state index contributed by atoms with van der Waals surface area (Å²) in [6.45, 7) is 4.71. The standard InChI is InChI=1S/C16H22ClN3O/c1-3-12(2)18-16(21)9-11-20-14-7-5-4-6-13(14)19-15(20)8-10-17/h4-7,12H,3,8-11H2,1-2H3,(H,18,21). The molecule has 0 bridgehead atoms. The first-order valence-corrected chi connectivity index (χ1v) is 7.98. The fraction of sp³-hybridized carbons (Fsp3) is 0.500. The minimum atomic E-state index is 0.0824. The summed E-state index contributed by atoms with van der Waals surface area (Å²) in [6.07, 6.45) is 2.11. The van der Waals surface area contributed by atoms with Gasteiger partial charge in [0.25, 0.3) is 0 Å². The van der Waals surface area contributed by atoms with Crippen LogP contribution in [-0.4, -0.2) is 27.4 Å². The Morgan fingerprint density at radius 3 is 2.90 bits per heavy atom. The van der Waals surface area contributed by atoms with Crippen molar-refractivity contribution < 1.29 is 4.79 Å². The Kier molecular flexibility index (Phi) is 5.62. The number of hydrogen-bond acceptors (Lipinski definition) is 2. The lowest BCUT2D eigenvalue weighted by Crippen LogP contribution is -2.32. The Labute approximate surface area is 130 Å². The zero-order chi connectivity index (χ0) is 15.2. The normalized spacial score (nSPS) is 12.5. The molecule has 5 heteroatoms. The van der Waals surface area contributed by atoms with Gasteiger partial charge in [-0.1, -0.05) is 19.1 Å². The summed E-state index contributed by atoms with van der Waals surface area (Å²) < 4.78 is 2.11. The lowest BCUT2D eigenvalue weighted by molar-refractivity contribution is -0.121. The van der Waals surface area contributed by atoms with E-state index in [1.54, 1.807) is 0 Å². The molecule has 1 aromatic carbocycles. The minimum Gasteiger partial charge on any atom is -0.354 e. The molecule has 1 heterocycles. The second kappa shape index (κ2) is 7.46. The van der Waals surface area contributed by atoms with Crippen LogP contribution in [-0.2, 0) is 17.8 Å². The van der Waals surface area contributed by atoms with Crippen molar-refractivity contribution in [1.82, 2.24) is 14.9 Å². The van der Waals surface area contributed by atoms with Gasteiger partial charge in [0.2, 0.25) is 5.91 Å². The zero-order valence-electron chi connectivity index (χ0n) is 12.6. The average molecular weight is 308 g/mol. The van der Waals surface area contributed by atoms with Crippen LogP contribution in [0.5, 0.6) is 0 Å². The highest BCUT2D eigenvalue weighted by atomic mass is 35.5. The third-order valence-electron chi connectivity index (χ3n) is 3.63. The highest BCUT2D eigenvalue weighted by molar-refractivity contribution is 6.17. The predicted molar refractivity (Wildman–Crippen MR) is 86.7 cm³/mol. The van der Waals surface area contributed by atoms with Crippen LogP contribution < -0.4 is 5.32 Å². The number of carbonyl (C=O) groups excluding carboxylic acids is 1. The molecule has 114 valence electrons. The molecule has 0 fully saturated rings. The molecule has 1 atom stereocenters. The van der Waals surface area contributed by atoms with E-state index in [-0.39, 0.29) is 11.9 Å². The Morgan fingerprint density at radius 1 is 1.43 bits per heavy atom. The Morgan fingerprint density at radius 2 is 2.19 bits per heavy atom. The smallest absolute Gasteiger partial charge is 0.221 e. The Hall–Kier alpha value is -1.55. The van der Waals surface area contributed by atoms with Gasteiger partial charge in [0.05, 0.1) is 11.0 Å². The molecule has 0 spiro atoms. The van der Waals surface area contributed by atoms with Crippen LogP contribution in [0.3, 0.4) is 0 Å². The molecular weight excluding hydrogens is 286 g/mol. The first kappa shape index (κ1) is 15.8. The molecule has 1 unspecified atom stereocenters. The van der Waals surface area contributed by atoms with Gasteiger partial charge in [0.1, 0.15) is 5.82 Å². The summed E-state index contributed by atoms with van der Waals surface area (Å²) in [5.74, 6) is 1.56. The first-order valence-electron chi connectivity index (χ1n) is 7.45. The number of aromatic nitrogens is 2. The van der Waals surface area contributed by atoms with Crippen molar-refractivity contribution in [3.8, 4) is 0 Å². The third-order valence-corrected chi connectivity index (χ3v) is 3.82. The van der Waals surface area contributed by atoms with Crippen molar-refractivity contribution in [2.75, 3.05) is 5.88 Å². The number of aryl methyl sites for hydroxylation is 2. The molecule has 1 N–H and O–H groups in total. The molecule has 2 aromatic rings. The maximum Gasteiger partial charge on any atom is 0.221 e. The second-order valence-electron chi connectivity index (χ2n) is 5.23. The van der Waals surface area contributed by atoms with Crippen molar-refractivity contribution in [3.05, 3.63) is 30.1 Å². The summed E-state index contributed by atoms with van der Waals surface area (Å²) in [7, 11) is 0. The number of rotatable bonds is 7. The van der Waals surface area contributed by atoms with E-state index >= 15 is 0 Å². The van der Waals surface area contributed by atoms with Gasteiger partial charge in [-0.15, -0.1) is 11.6 Å². The van der Waals surface area contributed by atoms with Crippen molar-refractivity contribution in [1.29, 1.82) is 0 Å². The molecule has 21 heavy (non-hydrogen) atoms. The number of amides is 1. The van der Waals surface area contributed by atoms with E-state index in [9.17, 15) is 4.79 Å². The SMILES string of the molecule is CCC(C)NC(=O)CCn1c(CCCl)nc2ccccc21. The zero-order valence-corrected chi connectivity index (χ0v) is 13.4. The number of carbonyl (C=O) groups is 1. The maximum absolute atomic E-state index is 11.9. The van der Waals surface area contributed by atoms with Gasteiger partial charge in [-0.05, 0) is 25.5 Å². The fourth-order valence-electron chi connectivity index (χ4n) is 2.31. The Balaban J connectivity index is 2.13. The number of nitrogens with one attached hydrogen (secondary N) is 1.